The fraction of sp³-hybridized carbons (Fsp3) is 0.538. The van der Waals surface area contributed by atoms with Crippen LogP contribution < -0.4 is 5.32 Å². The molecule has 1 aromatic heterocycles. The Morgan fingerprint density at radius 1 is 1.53 bits per heavy atom. The Labute approximate surface area is 101 Å². The maximum atomic E-state index is 12.0. The predicted molar refractivity (Wildman–Crippen MR) is 64.4 cm³/mol. The molecular formula is C13H18N2O2. The zero-order valence-corrected chi connectivity index (χ0v) is 10.3. The van der Waals surface area contributed by atoms with Crippen molar-refractivity contribution in [1.82, 2.24) is 10.3 Å². The van der Waals surface area contributed by atoms with Gasteiger partial charge in [-0.1, -0.05) is 6.07 Å². The van der Waals surface area contributed by atoms with E-state index in [9.17, 15) is 4.79 Å². The maximum Gasteiger partial charge on any atom is 0.249 e. The molecule has 0 aromatic carbocycles. The molecule has 2 rings (SSSR count). The van der Waals surface area contributed by atoms with Crippen molar-refractivity contribution in [1.29, 1.82) is 0 Å². The summed E-state index contributed by atoms with van der Waals surface area (Å²) < 4.78 is 5.36. The van der Waals surface area contributed by atoms with E-state index in [-0.39, 0.29) is 12.0 Å². The Balaban J connectivity index is 2.04. The Bertz CT molecular complexity index is 384. The fourth-order valence-corrected chi connectivity index (χ4v) is 1.97. The first-order valence-corrected chi connectivity index (χ1v) is 5.95. The van der Waals surface area contributed by atoms with Crippen molar-refractivity contribution in [3.05, 3.63) is 30.1 Å². The second kappa shape index (κ2) is 4.84. The molecule has 0 bridgehead atoms. The van der Waals surface area contributed by atoms with Gasteiger partial charge >= 0.3 is 0 Å². The van der Waals surface area contributed by atoms with Crippen LogP contribution in [0.1, 0.15) is 32.4 Å². The summed E-state index contributed by atoms with van der Waals surface area (Å²) in [6.07, 6.45) is 3.21. The van der Waals surface area contributed by atoms with E-state index in [1.807, 2.05) is 32.0 Å². The van der Waals surface area contributed by atoms with Gasteiger partial charge in [-0.2, -0.15) is 0 Å². The number of nitrogens with one attached hydrogen (secondary N) is 1. The second-order valence-corrected chi connectivity index (χ2v) is 4.83. The van der Waals surface area contributed by atoms with Gasteiger partial charge in [0.05, 0.1) is 11.2 Å². The summed E-state index contributed by atoms with van der Waals surface area (Å²) in [6.45, 7) is 4.58. The Kier molecular flexibility index (Phi) is 3.43. The number of hydrogen-bond acceptors (Lipinski definition) is 3. The van der Waals surface area contributed by atoms with Crippen LogP contribution in [0.25, 0.3) is 0 Å². The summed E-state index contributed by atoms with van der Waals surface area (Å²) in [4.78, 5) is 16.2. The van der Waals surface area contributed by atoms with E-state index >= 15 is 0 Å². The van der Waals surface area contributed by atoms with Crippen LogP contribution in [-0.2, 0) is 15.1 Å². The zero-order chi connectivity index (χ0) is 12.3. The Morgan fingerprint density at radius 2 is 2.35 bits per heavy atom. The van der Waals surface area contributed by atoms with E-state index in [1.165, 1.54) is 0 Å². The number of amides is 1. The molecular weight excluding hydrogens is 216 g/mol. The molecule has 1 aliphatic rings. The topological polar surface area (TPSA) is 51.2 Å². The lowest BCUT2D eigenvalue weighted by Crippen LogP contribution is -2.46. The monoisotopic (exact) mass is 234 g/mol. The summed E-state index contributed by atoms with van der Waals surface area (Å²) in [5, 5.41) is 2.99. The van der Waals surface area contributed by atoms with Gasteiger partial charge in [-0.25, -0.2) is 0 Å². The zero-order valence-electron chi connectivity index (χ0n) is 10.3. The average molecular weight is 234 g/mol. The van der Waals surface area contributed by atoms with E-state index < -0.39 is 5.54 Å². The van der Waals surface area contributed by atoms with Gasteiger partial charge in [-0.05, 0) is 38.8 Å². The third-order valence-electron chi connectivity index (χ3n) is 2.96. The van der Waals surface area contributed by atoms with Gasteiger partial charge in [-0.3, -0.25) is 9.78 Å². The predicted octanol–water partition coefficient (Wildman–Crippen LogP) is 1.61. The summed E-state index contributed by atoms with van der Waals surface area (Å²) in [6, 6.07) is 5.69. The number of pyridine rings is 1. The smallest absolute Gasteiger partial charge is 0.249 e. The molecule has 92 valence electrons. The van der Waals surface area contributed by atoms with Crippen LogP contribution in [0.5, 0.6) is 0 Å². The molecule has 1 fully saturated rings. The number of aromatic nitrogens is 1. The molecule has 0 saturated carbocycles. The van der Waals surface area contributed by atoms with Gasteiger partial charge in [0.25, 0.3) is 0 Å². The first kappa shape index (κ1) is 12.0. The number of carbonyl (C=O) groups is 1. The summed E-state index contributed by atoms with van der Waals surface area (Å²) in [5.74, 6) is -0.0434. The quantitative estimate of drug-likeness (QED) is 0.864. The van der Waals surface area contributed by atoms with Crippen LogP contribution in [0, 0.1) is 0 Å². The minimum Gasteiger partial charge on any atom is -0.368 e. The van der Waals surface area contributed by atoms with Gasteiger partial charge in [0.15, 0.2) is 0 Å². The fourth-order valence-electron chi connectivity index (χ4n) is 1.97. The Hall–Kier alpha value is -1.42. The van der Waals surface area contributed by atoms with Crippen LogP contribution in [0.3, 0.4) is 0 Å². The lowest BCUT2D eigenvalue weighted by Gasteiger charge is -2.27. The van der Waals surface area contributed by atoms with Crippen LogP contribution in [0.2, 0.25) is 0 Å². The van der Waals surface area contributed by atoms with Gasteiger partial charge < -0.3 is 10.1 Å². The van der Waals surface area contributed by atoms with E-state index in [0.717, 1.165) is 18.5 Å². The van der Waals surface area contributed by atoms with E-state index in [4.69, 9.17) is 4.74 Å². The minimum atomic E-state index is -0.468. The normalized spacial score (nSPS) is 20.2. The molecule has 1 aromatic rings. The van der Waals surface area contributed by atoms with Crippen molar-refractivity contribution in [2.45, 2.75) is 38.3 Å². The third kappa shape index (κ3) is 2.82. The molecule has 1 N–H and O–H groups in total. The molecule has 4 heteroatoms. The van der Waals surface area contributed by atoms with E-state index in [1.54, 1.807) is 6.20 Å². The number of hydrogen-bond donors (Lipinski definition) is 1. The summed E-state index contributed by atoms with van der Waals surface area (Å²) in [5.41, 5.74) is 0.385. The van der Waals surface area contributed by atoms with E-state index in [2.05, 4.69) is 10.3 Å². The third-order valence-corrected chi connectivity index (χ3v) is 2.96. The average Bonchev–Trinajstić information content (AvgIpc) is 2.83. The number of nitrogens with zero attached hydrogens (tertiary/aromatic N) is 1. The van der Waals surface area contributed by atoms with Crippen molar-refractivity contribution in [3.8, 4) is 0 Å². The lowest BCUT2D eigenvalue weighted by molar-refractivity contribution is -0.131. The summed E-state index contributed by atoms with van der Waals surface area (Å²) >= 11 is 0. The van der Waals surface area contributed by atoms with Crippen molar-refractivity contribution < 1.29 is 9.53 Å². The molecule has 17 heavy (non-hydrogen) atoms. The van der Waals surface area contributed by atoms with Crippen LogP contribution in [0.4, 0.5) is 0 Å². The summed E-state index contributed by atoms with van der Waals surface area (Å²) in [7, 11) is 0. The molecule has 1 unspecified atom stereocenters. The first-order valence-electron chi connectivity index (χ1n) is 5.95. The molecule has 0 radical (unpaired) electrons. The van der Waals surface area contributed by atoms with Gasteiger partial charge in [0.1, 0.15) is 6.10 Å². The van der Waals surface area contributed by atoms with Crippen molar-refractivity contribution in [2.24, 2.45) is 0 Å². The molecule has 0 aliphatic carbocycles. The van der Waals surface area contributed by atoms with Gasteiger partial charge in [-0.15, -0.1) is 0 Å². The minimum absolute atomic E-state index is 0.0434. The highest BCUT2D eigenvalue weighted by Crippen LogP contribution is 2.19. The number of ether oxygens (including phenoxy) is 1. The molecule has 1 atom stereocenters. The van der Waals surface area contributed by atoms with Crippen molar-refractivity contribution >= 4 is 5.91 Å². The van der Waals surface area contributed by atoms with Gasteiger partial charge in [0.2, 0.25) is 5.91 Å². The highest BCUT2D eigenvalue weighted by Gasteiger charge is 2.30. The molecule has 4 nitrogen and oxygen atoms in total. The standard InChI is InChI=1S/C13H18N2O2/c1-13(2,11-7-3-4-8-14-11)15-12(16)10-6-5-9-17-10/h3-4,7-8,10H,5-6,9H2,1-2H3,(H,15,16). The first-order chi connectivity index (χ1) is 8.09. The molecule has 0 spiro atoms. The van der Waals surface area contributed by atoms with Crippen LogP contribution >= 0.6 is 0 Å². The molecule has 1 amide bonds. The van der Waals surface area contributed by atoms with Crippen LogP contribution in [0.15, 0.2) is 24.4 Å². The highest BCUT2D eigenvalue weighted by atomic mass is 16.5. The van der Waals surface area contributed by atoms with Crippen molar-refractivity contribution in [3.63, 3.8) is 0 Å². The maximum absolute atomic E-state index is 12.0. The Morgan fingerprint density at radius 3 is 2.94 bits per heavy atom. The molecule has 2 heterocycles. The van der Waals surface area contributed by atoms with Crippen molar-refractivity contribution in [2.75, 3.05) is 6.61 Å². The second-order valence-electron chi connectivity index (χ2n) is 4.83. The number of rotatable bonds is 3. The number of carbonyl (C=O) groups excluding carboxylic acids is 1. The SMILES string of the molecule is CC(C)(NC(=O)C1CCCO1)c1ccccn1. The largest absolute Gasteiger partial charge is 0.368 e. The van der Waals surface area contributed by atoms with Gasteiger partial charge in [0, 0.05) is 12.8 Å². The lowest BCUT2D eigenvalue weighted by atomic mass is 9.99. The molecule has 1 saturated heterocycles. The van der Waals surface area contributed by atoms with Crippen LogP contribution in [-0.4, -0.2) is 23.6 Å². The van der Waals surface area contributed by atoms with E-state index in [0.29, 0.717) is 6.61 Å². The highest BCUT2D eigenvalue weighted by molar-refractivity contribution is 5.81. The molecule has 1 aliphatic heterocycles.